The summed E-state index contributed by atoms with van der Waals surface area (Å²) in [5.41, 5.74) is 0. The van der Waals surface area contributed by atoms with E-state index >= 15 is 0 Å². The van der Waals surface area contributed by atoms with Gasteiger partial charge < -0.3 is 9.90 Å². The van der Waals surface area contributed by atoms with Gasteiger partial charge in [-0.05, 0) is 19.4 Å². The van der Waals surface area contributed by atoms with Gasteiger partial charge in [0.1, 0.15) is 12.4 Å². The lowest BCUT2D eigenvalue weighted by Gasteiger charge is -1.84. The first-order valence-electron chi connectivity index (χ1n) is 3.51. The van der Waals surface area contributed by atoms with Crippen molar-refractivity contribution in [3.8, 4) is 11.8 Å². The van der Waals surface area contributed by atoms with Crippen molar-refractivity contribution in [2.75, 3.05) is 6.61 Å². The fourth-order valence-electron chi connectivity index (χ4n) is 0.533. The van der Waals surface area contributed by atoms with E-state index in [2.05, 4.69) is 11.8 Å². The Balaban J connectivity index is 3.37. The highest BCUT2D eigenvalue weighted by molar-refractivity contribution is 5.75. The molecule has 0 fully saturated rings. The zero-order valence-electron chi connectivity index (χ0n) is 6.63. The Morgan fingerprint density at radius 3 is 2.91 bits per heavy atom. The number of ketones is 1. The third-order valence-electron chi connectivity index (χ3n) is 1.05. The SMILES string of the molecule is CC(=O)CC/C=C/C#CCO. The number of rotatable bonds is 3. The molecular formula is C9H12O2. The average Bonchev–Trinajstić information content (AvgIpc) is 1.96. The van der Waals surface area contributed by atoms with E-state index in [0.29, 0.717) is 6.42 Å². The average molecular weight is 152 g/mol. The van der Waals surface area contributed by atoms with E-state index in [1.54, 1.807) is 13.0 Å². The molecule has 0 saturated carbocycles. The quantitative estimate of drug-likeness (QED) is 0.610. The van der Waals surface area contributed by atoms with E-state index in [1.807, 2.05) is 6.08 Å². The van der Waals surface area contributed by atoms with Crippen molar-refractivity contribution in [2.24, 2.45) is 0 Å². The van der Waals surface area contributed by atoms with Crippen LogP contribution in [-0.2, 0) is 4.79 Å². The first-order chi connectivity index (χ1) is 5.27. The van der Waals surface area contributed by atoms with Crippen molar-refractivity contribution in [3.05, 3.63) is 12.2 Å². The molecule has 1 N–H and O–H groups in total. The topological polar surface area (TPSA) is 37.3 Å². The van der Waals surface area contributed by atoms with Gasteiger partial charge in [0.05, 0.1) is 0 Å². The van der Waals surface area contributed by atoms with Crippen LogP contribution < -0.4 is 0 Å². The molecule has 0 aromatic heterocycles. The van der Waals surface area contributed by atoms with Crippen LogP contribution in [0, 0.1) is 11.8 Å². The number of carbonyl (C=O) groups is 1. The van der Waals surface area contributed by atoms with Crippen LogP contribution in [0.3, 0.4) is 0 Å². The molecule has 0 rings (SSSR count). The van der Waals surface area contributed by atoms with E-state index in [9.17, 15) is 4.79 Å². The Morgan fingerprint density at radius 2 is 2.36 bits per heavy atom. The van der Waals surface area contributed by atoms with Crippen molar-refractivity contribution in [1.82, 2.24) is 0 Å². The zero-order chi connectivity index (χ0) is 8.53. The standard InChI is InChI=1S/C9H12O2/c1-9(11)7-5-3-2-4-6-8-10/h2-3,10H,5,7-8H2,1H3/b3-2+. The van der Waals surface area contributed by atoms with Gasteiger partial charge in [-0.1, -0.05) is 17.9 Å². The number of aliphatic hydroxyl groups excluding tert-OH is 1. The van der Waals surface area contributed by atoms with E-state index in [-0.39, 0.29) is 12.4 Å². The van der Waals surface area contributed by atoms with Crippen LogP contribution in [0.15, 0.2) is 12.2 Å². The normalized spacial score (nSPS) is 9.27. The number of hydrogen-bond acceptors (Lipinski definition) is 2. The number of Topliss-reactive ketones (excluding diaryl/α,β-unsaturated/α-hetero) is 1. The second kappa shape index (κ2) is 7.04. The van der Waals surface area contributed by atoms with Crippen LogP contribution in [0.4, 0.5) is 0 Å². The maximum Gasteiger partial charge on any atom is 0.130 e. The van der Waals surface area contributed by atoms with Crippen LogP contribution in [0.5, 0.6) is 0 Å². The van der Waals surface area contributed by atoms with Crippen molar-refractivity contribution < 1.29 is 9.90 Å². The van der Waals surface area contributed by atoms with Gasteiger partial charge in [-0.25, -0.2) is 0 Å². The molecule has 0 bridgehead atoms. The second-order valence-corrected chi connectivity index (χ2v) is 2.12. The third kappa shape index (κ3) is 8.93. The van der Waals surface area contributed by atoms with Gasteiger partial charge in [-0.3, -0.25) is 0 Å². The summed E-state index contributed by atoms with van der Waals surface area (Å²) < 4.78 is 0. The van der Waals surface area contributed by atoms with Crippen LogP contribution in [0.2, 0.25) is 0 Å². The molecule has 11 heavy (non-hydrogen) atoms. The van der Waals surface area contributed by atoms with Crippen LogP contribution in [0.1, 0.15) is 19.8 Å². The summed E-state index contributed by atoms with van der Waals surface area (Å²) in [6.45, 7) is 1.45. The molecule has 0 aliphatic heterocycles. The Labute approximate surface area is 66.9 Å². The van der Waals surface area contributed by atoms with Gasteiger partial charge in [0.25, 0.3) is 0 Å². The van der Waals surface area contributed by atoms with Crippen molar-refractivity contribution >= 4 is 5.78 Å². The molecule has 2 nitrogen and oxygen atoms in total. The molecule has 0 aromatic carbocycles. The van der Waals surface area contributed by atoms with Gasteiger partial charge in [-0.15, -0.1) is 0 Å². The molecule has 0 saturated heterocycles. The summed E-state index contributed by atoms with van der Waals surface area (Å²) in [6.07, 6.45) is 4.77. The maximum absolute atomic E-state index is 10.4. The summed E-state index contributed by atoms with van der Waals surface area (Å²) in [6, 6.07) is 0. The van der Waals surface area contributed by atoms with Crippen LogP contribution in [0.25, 0.3) is 0 Å². The molecule has 0 amide bonds. The maximum atomic E-state index is 10.4. The van der Waals surface area contributed by atoms with Gasteiger partial charge >= 0.3 is 0 Å². The van der Waals surface area contributed by atoms with Crippen LogP contribution >= 0.6 is 0 Å². The molecule has 0 aliphatic rings. The first kappa shape index (κ1) is 9.93. The zero-order valence-corrected chi connectivity index (χ0v) is 6.63. The van der Waals surface area contributed by atoms with Gasteiger partial charge in [0, 0.05) is 6.42 Å². The highest BCUT2D eigenvalue weighted by atomic mass is 16.2. The predicted molar refractivity (Wildman–Crippen MR) is 43.9 cm³/mol. The van der Waals surface area contributed by atoms with Gasteiger partial charge in [-0.2, -0.15) is 0 Å². The number of allylic oxidation sites excluding steroid dienone is 2. The lowest BCUT2D eigenvalue weighted by atomic mass is 10.2. The Hall–Kier alpha value is -1.07. The lowest BCUT2D eigenvalue weighted by molar-refractivity contribution is -0.116. The van der Waals surface area contributed by atoms with Gasteiger partial charge in [0.15, 0.2) is 0 Å². The molecule has 0 atom stereocenters. The minimum atomic E-state index is -0.114. The molecule has 0 unspecified atom stereocenters. The summed E-state index contributed by atoms with van der Waals surface area (Å²) in [5.74, 6) is 5.27. The monoisotopic (exact) mass is 152 g/mol. The smallest absolute Gasteiger partial charge is 0.130 e. The largest absolute Gasteiger partial charge is 0.384 e. The van der Waals surface area contributed by atoms with Crippen molar-refractivity contribution in [3.63, 3.8) is 0 Å². The molecule has 0 spiro atoms. The Kier molecular flexibility index (Phi) is 6.36. The van der Waals surface area contributed by atoms with E-state index in [4.69, 9.17) is 5.11 Å². The van der Waals surface area contributed by atoms with Crippen LogP contribution in [-0.4, -0.2) is 17.5 Å². The molecule has 0 radical (unpaired) electrons. The fourth-order valence-corrected chi connectivity index (χ4v) is 0.533. The lowest BCUT2D eigenvalue weighted by Crippen LogP contribution is -1.85. The molecule has 0 aliphatic carbocycles. The van der Waals surface area contributed by atoms with E-state index in [1.165, 1.54) is 0 Å². The number of aliphatic hydroxyl groups is 1. The minimum absolute atomic E-state index is 0.114. The third-order valence-corrected chi connectivity index (χ3v) is 1.05. The summed E-state index contributed by atoms with van der Waals surface area (Å²) in [4.78, 5) is 10.4. The minimum Gasteiger partial charge on any atom is -0.384 e. The van der Waals surface area contributed by atoms with Crippen molar-refractivity contribution in [2.45, 2.75) is 19.8 Å². The number of hydrogen-bond donors (Lipinski definition) is 1. The predicted octanol–water partition coefficient (Wildman–Crippen LogP) is 0.907. The molecule has 0 aromatic rings. The molecule has 0 heterocycles. The van der Waals surface area contributed by atoms with Crippen molar-refractivity contribution in [1.29, 1.82) is 0 Å². The molecular weight excluding hydrogens is 140 g/mol. The summed E-state index contributed by atoms with van der Waals surface area (Å²) in [5, 5.41) is 8.25. The highest BCUT2D eigenvalue weighted by Gasteiger charge is 1.86. The summed E-state index contributed by atoms with van der Waals surface area (Å²) in [7, 11) is 0. The molecule has 60 valence electrons. The fraction of sp³-hybridized carbons (Fsp3) is 0.444. The summed E-state index contributed by atoms with van der Waals surface area (Å²) >= 11 is 0. The first-order valence-corrected chi connectivity index (χ1v) is 3.51. The Morgan fingerprint density at radius 1 is 1.64 bits per heavy atom. The second-order valence-electron chi connectivity index (χ2n) is 2.12. The van der Waals surface area contributed by atoms with Gasteiger partial charge in [0.2, 0.25) is 0 Å². The molecule has 2 heteroatoms. The van der Waals surface area contributed by atoms with E-state index in [0.717, 1.165) is 6.42 Å². The Bertz CT molecular complexity index is 193. The number of carbonyl (C=O) groups excluding carboxylic acids is 1. The van der Waals surface area contributed by atoms with E-state index < -0.39 is 0 Å². The highest BCUT2D eigenvalue weighted by Crippen LogP contribution is 1.90.